The second-order valence-corrected chi connectivity index (χ2v) is 28.1. The minimum Gasteiger partial charge on any atom is -0.500 e. The van der Waals surface area contributed by atoms with Gasteiger partial charge in [0.2, 0.25) is 0 Å². The van der Waals surface area contributed by atoms with Crippen LogP contribution in [0, 0.1) is 18.1 Å². The molecule has 0 spiro atoms. The van der Waals surface area contributed by atoms with Crippen molar-refractivity contribution in [1.29, 1.82) is 0 Å². The van der Waals surface area contributed by atoms with Gasteiger partial charge in [-0.2, -0.15) is 0 Å². The SMILES string of the molecule is CC(C)Cc1cc(-c2[c-]cccc2)nc[c]1[Ge]([CH3])([CH3])[CH3].[Ir].[c-]1cc2oc3ccccc3c2cc1-c1nc2c3ccc4ccccc4c3ccc2n1-c1cccc(-c2ccccc2)c1. The molecule has 4 nitrogen and oxygen atoms in total. The van der Waals surface area contributed by atoms with Crippen molar-refractivity contribution in [2.75, 3.05) is 0 Å². The van der Waals surface area contributed by atoms with Gasteiger partial charge in [-0.1, -0.05) is 109 Å². The Morgan fingerprint density at radius 2 is 1.37 bits per heavy atom. The molecule has 3 aromatic heterocycles. The molecule has 0 bridgehead atoms. The zero-order chi connectivity index (χ0) is 42.4. The van der Waals surface area contributed by atoms with Gasteiger partial charge >= 0.3 is 126 Å². The van der Waals surface area contributed by atoms with Gasteiger partial charge < -0.3 is 8.98 Å². The molecular weight excluding hydrogens is 1010 g/mol. The Hall–Kier alpha value is -6.11. The molecule has 0 unspecified atom stereocenters. The Balaban J connectivity index is 0.000000204. The van der Waals surface area contributed by atoms with E-state index in [-0.39, 0.29) is 20.1 Å². The van der Waals surface area contributed by atoms with Crippen LogP contribution in [0.15, 0.2) is 180 Å². The maximum Gasteiger partial charge on any atom is 0.120 e. The molecule has 0 N–H and O–H groups in total. The fourth-order valence-corrected chi connectivity index (χ4v) is 12.1. The van der Waals surface area contributed by atoms with Gasteiger partial charge in [-0.25, -0.2) is 0 Å². The minimum absolute atomic E-state index is 0. The summed E-state index contributed by atoms with van der Waals surface area (Å²) in [5.74, 6) is 8.84. The summed E-state index contributed by atoms with van der Waals surface area (Å²) in [6.45, 7) is 4.57. The molecule has 11 aromatic rings. The number of fused-ring (bicyclic) bond motifs is 8. The third-order valence-electron chi connectivity index (χ3n) is 11.7. The quantitative estimate of drug-likeness (QED) is 0.0908. The number of nitrogens with zero attached hydrogens (tertiary/aromatic N) is 3. The Bertz CT molecular complexity index is 3400. The number of aromatic nitrogens is 3. The minimum atomic E-state index is -1.86. The van der Waals surface area contributed by atoms with Crippen LogP contribution in [0.25, 0.3) is 94.0 Å². The fourth-order valence-electron chi connectivity index (χ4n) is 8.81. The van der Waals surface area contributed by atoms with Gasteiger partial charge in [0, 0.05) is 36.6 Å². The first-order chi connectivity index (χ1) is 30.2. The van der Waals surface area contributed by atoms with Gasteiger partial charge in [0.05, 0.1) is 22.4 Å². The molecule has 0 aliphatic rings. The van der Waals surface area contributed by atoms with E-state index in [2.05, 4.69) is 187 Å². The molecular formula is C57H47GeIrN3O-2. The summed E-state index contributed by atoms with van der Waals surface area (Å²) in [6.07, 6.45) is 3.27. The van der Waals surface area contributed by atoms with Crippen LogP contribution in [0.3, 0.4) is 0 Å². The first-order valence-electron chi connectivity index (χ1n) is 21.5. The molecule has 0 atom stereocenters. The van der Waals surface area contributed by atoms with Crippen molar-refractivity contribution in [3.8, 4) is 39.5 Å². The maximum atomic E-state index is 6.12. The average Bonchev–Trinajstić information content (AvgIpc) is 3.88. The average molecular weight is 1050 g/mol. The van der Waals surface area contributed by atoms with E-state index < -0.39 is 13.3 Å². The van der Waals surface area contributed by atoms with E-state index in [1.165, 1.54) is 27.3 Å². The van der Waals surface area contributed by atoms with E-state index in [1.807, 2.05) is 36.4 Å². The molecule has 311 valence electrons. The number of hydrogen-bond acceptors (Lipinski definition) is 3. The molecule has 6 heteroatoms. The molecule has 11 rings (SSSR count). The zero-order valence-electron chi connectivity index (χ0n) is 36.1. The molecule has 0 aliphatic heterocycles. The summed E-state index contributed by atoms with van der Waals surface area (Å²) in [7, 11) is 0. The van der Waals surface area contributed by atoms with E-state index in [0.717, 1.165) is 78.7 Å². The normalized spacial score (nSPS) is 11.7. The monoisotopic (exact) mass is 1060 g/mol. The molecule has 63 heavy (non-hydrogen) atoms. The summed E-state index contributed by atoms with van der Waals surface area (Å²) in [5, 5.41) is 6.96. The van der Waals surface area contributed by atoms with E-state index in [1.54, 1.807) is 4.40 Å². The summed E-state index contributed by atoms with van der Waals surface area (Å²) in [4.78, 5) is 10.1. The number of pyridine rings is 1. The molecule has 0 saturated heterocycles. The van der Waals surface area contributed by atoms with Crippen LogP contribution >= 0.6 is 0 Å². The Morgan fingerprint density at radius 3 is 2.16 bits per heavy atom. The third-order valence-corrected chi connectivity index (χ3v) is 16.1. The zero-order valence-corrected chi connectivity index (χ0v) is 40.6. The third kappa shape index (κ3) is 8.29. The van der Waals surface area contributed by atoms with Gasteiger partial charge in [-0.3, -0.25) is 4.98 Å². The van der Waals surface area contributed by atoms with Crippen molar-refractivity contribution in [2.45, 2.75) is 37.5 Å². The molecule has 0 fully saturated rings. The van der Waals surface area contributed by atoms with Crippen LogP contribution in [-0.4, -0.2) is 27.8 Å². The standard InChI is InChI=1S/C39H23N2O.C18H24GeN.Ir/c1-2-9-25(10-3-1)27-12-8-13-29(23-27)41-35-21-20-31-30-14-5-4-11-26(30)17-19-33(31)38(35)40-39(41)28-18-22-37-34(24-28)32-15-6-7-16-36(32)42-37;1-14(2)11-16-12-18(15-9-7-6-8-10-15)20-13-17(16)19(3,4)5;/h1-17,19-24H;6-9,12-14H,11H2,1-5H3;/q2*-1;. The second-order valence-electron chi connectivity index (χ2n) is 17.6. The van der Waals surface area contributed by atoms with Crippen LogP contribution in [0.1, 0.15) is 19.4 Å². The van der Waals surface area contributed by atoms with Crippen molar-refractivity contribution in [2.24, 2.45) is 5.92 Å². The maximum absolute atomic E-state index is 6.12. The van der Waals surface area contributed by atoms with Crippen molar-refractivity contribution in [1.82, 2.24) is 14.5 Å². The molecule has 3 heterocycles. The Labute approximate surface area is 385 Å². The Morgan fingerprint density at radius 1 is 0.619 bits per heavy atom. The van der Waals surface area contributed by atoms with Crippen molar-refractivity contribution in [3.63, 3.8) is 0 Å². The van der Waals surface area contributed by atoms with Gasteiger partial charge in [0.25, 0.3) is 0 Å². The molecule has 0 aliphatic carbocycles. The number of rotatable bonds is 7. The predicted molar refractivity (Wildman–Crippen MR) is 263 cm³/mol. The van der Waals surface area contributed by atoms with Gasteiger partial charge in [-0.15, -0.1) is 23.8 Å². The van der Waals surface area contributed by atoms with E-state index in [0.29, 0.717) is 5.92 Å². The van der Waals surface area contributed by atoms with Crippen LogP contribution in [-0.2, 0) is 26.5 Å². The van der Waals surface area contributed by atoms with Crippen LogP contribution < -0.4 is 4.40 Å². The van der Waals surface area contributed by atoms with Crippen LogP contribution in [0.4, 0.5) is 0 Å². The smallest absolute Gasteiger partial charge is 0.120 e. The van der Waals surface area contributed by atoms with E-state index in [4.69, 9.17) is 14.4 Å². The number of para-hydroxylation sites is 1. The predicted octanol–water partition coefficient (Wildman–Crippen LogP) is 14.7. The number of hydrogen-bond donors (Lipinski definition) is 0. The first-order valence-corrected chi connectivity index (χ1v) is 28.8. The summed E-state index contributed by atoms with van der Waals surface area (Å²) in [5.41, 5.74) is 11.7. The van der Waals surface area contributed by atoms with Gasteiger partial charge in [0.1, 0.15) is 5.58 Å². The largest absolute Gasteiger partial charge is 0.500 e. The van der Waals surface area contributed by atoms with E-state index in [9.17, 15) is 0 Å². The molecule has 8 aromatic carbocycles. The molecule has 0 amide bonds. The summed E-state index contributed by atoms with van der Waals surface area (Å²) >= 11 is -1.86. The summed E-state index contributed by atoms with van der Waals surface area (Å²) < 4.78 is 9.94. The van der Waals surface area contributed by atoms with E-state index >= 15 is 0 Å². The topological polar surface area (TPSA) is 43.9 Å². The number of benzene rings is 8. The molecule has 0 saturated carbocycles. The van der Waals surface area contributed by atoms with Crippen molar-refractivity contribution in [3.05, 3.63) is 194 Å². The molecule has 1 radical (unpaired) electrons. The number of imidazole rings is 1. The second kappa shape index (κ2) is 17.6. The van der Waals surface area contributed by atoms with Gasteiger partial charge in [-0.05, 0) is 51.6 Å². The fraction of sp³-hybridized carbons (Fsp3) is 0.123. The van der Waals surface area contributed by atoms with Crippen molar-refractivity contribution >= 4 is 72.2 Å². The first kappa shape index (κ1) is 42.2. The Kier molecular flexibility index (Phi) is 11.8. The van der Waals surface area contributed by atoms with Crippen molar-refractivity contribution < 1.29 is 24.5 Å². The summed E-state index contributed by atoms with van der Waals surface area (Å²) in [6, 6.07) is 66.0. The van der Waals surface area contributed by atoms with Crippen LogP contribution in [0.2, 0.25) is 17.3 Å². The van der Waals surface area contributed by atoms with Gasteiger partial charge in [0.15, 0.2) is 0 Å². The number of furan rings is 1. The van der Waals surface area contributed by atoms with Crippen LogP contribution in [0.5, 0.6) is 0 Å².